The van der Waals surface area contributed by atoms with Gasteiger partial charge in [0.05, 0.1) is 21.3 Å². The molecule has 0 fully saturated rings. The smallest absolute Gasteiger partial charge is 0.238 e. The minimum Gasteiger partial charge on any atom is -0.319 e. The van der Waals surface area contributed by atoms with Crippen molar-refractivity contribution in [2.75, 3.05) is 0 Å². The predicted octanol–water partition coefficient (Wildman–Crippen LogP) is 4.52. The Kier molecular flexibility index (Phi) is 6.70. The van der Waals surface area contributed by atoms with Gasteiger partial charge < -0.3 is 4.57 Å². The van der Waals surface area contributed by atoms with Gasteiger partial charge in [-0.1, -0.05) is 35.3 Å². The van der Waals surface area contributed by atoms with Crippen LogP contribution >= 0.6 is 51.5 Å². The molecular weight excluding hydrogens is 481 g/mol. The first kappa shape index (κ1) is 21.1. The molecule has 26 heavy (non-hydrogen) atoms. The second-order valence-electron chi connectivity index (χ2n) is 5.21. The van der Waals surface area contributed by atoms with Crippen LogP contribution in [0.15, 0.2) is 57.7 Å². The van der Waals surface area contributed by atoms with Crippen molar-refractivity contribution in [2.24, 2.45) is 17.2 Å². The molecule has 0 spiro atoms. The molecule has 138 valence electrons. The molecule has 3 rings (SSSR count). The molecule has 2 aromatic carbocycles. The summed E-state index contributed by atoms with van der Waals surface area (Å²) in [5.74, 6) is 0. The summed E-state index contributed by atoms with van der Waals surface area (Å²) in [5, 5.41) is 8.03. The number of benzene rings is 2. The van der Waals surface area contributed by atoms with Gasteiger partial charge in [0.25, 0.3) is 0 Å². The number of nitrogens with two attached hydrogens (primary N) is 1. The van der Waals surface area contributed by atoms with E-state index in [4.69, 9.17) is 28.3 Å². The van der Waals surface area contributed by atoms with Crippen LogP contribution in [0.4, 0.5) is 5.69 Å². The minimum absolute atomic E-state index is 0. The SMILES string of the molecule is Br.Cn1c(-c2cc(S(N)(=O)=O)ccc2Cl)csc1=Nc1ccccc1Cl. The van der Waals surface area contributed by atoms with Crippen molar-refractivity contribution in [1.82, 2.24) is 4.57 Å². The lowest BCUT2D eigenvalue weighted by Crippen LogP contribution is -2.13. The first-order chi connectivity index (χ1) is 11.8. The molecule has 3 aromatic rings. The van der Waals surface area contributed by atoms with Crippen molar-refractivity contribution in [3.8, 4) is 11.3 Å². The molecule has 0 amide bonds. The summed E-state index contributed by atoms with van der Waals surface area (Å²) in [6.07, 6.45) is 0. The van der Waals surface area contributed by atoms with Gasteiger partial charge in [0.1, 0.15) is 0 Å². The number of rotatable bonds is 3. The van der Waals surface area contributed by atoms with Gasteiger partial charge in [-0.2, -0.15) is 0 Å². The number of sulfonamides is 1. The third-order valence-corrected chi connectivity index (χ3v) is 6.01. The molecule has 0 aliphatic heterocycles. The largest absolute Gasteiger partial charge is 0.319 e. The highest BCUT2D eigenvalue weighted by Crippen LogP contribution is 2.30. The zero-order valence-corrected chi connectivity index (χ0v) is 18.2. The normalized spacial score (nSPS) is 12.1. The van der Waals surface area contributed by atoms with Gasteiger partial charge in [0, 0.05) is 23.0 Å². The van der Waals surface area contributed by atoms with Crippen LogP contribution in [0.25, 0.3) is 11.3 Å². The monoisotopic (exact) mass is 493 g/mol. The molecule has 5 nitrogen and oxygen atoms in total. The highest BCUT2D eigenvalue weighted by atomic mass is 79.9. The van der Waals surface area contributed by atoms with Crippen molar-refractivity contribution in [3.63, 3.8) is 0 Å². The van der Waals surface area contributed by atoms with Crippen LogP contribution in [-0.2, 0) is 17.1 Å². The second kappa shape index (κ2) is 8.24. The second-order valence-corrected chi connectivity index (χ2v) is 8.42. The number of para-hydroxylation sites is 1. The fraction of sp³-hybridized carbons (Fsp3) is 0.0625. The maximum absolute atomic E-state index is 11.6. The van der Waals surface area contributed by atoms with E-state index < -0.39 is 10.0 Å². The van der Waals surface area contributed by atoms with E-state index in [0.717, 1.165) is 5.69 Å². The molecule has 2 N–H and O–H groups in total. The van der Waals surface area contributed by atoms with E-state index in [1.165, 1.54) is 29.5 Å². The summed E-state index contributed by atoms with van der Waals surface area (Å²) in [7, 11) is -1.99. The van der Waals surface area contributed by atoms with E-state index in [1.54, 1.807) is 6.07 Å². The van der Waals surface area contributed by atoms with Crippen molar-refractivity contribution in [1.29, 1.82) is 0 Å². The fourth-order valence-electron chi connectivity index (χ4n) is 2.24. The Morgan fingerprint density at radius 1 is 1.12 bits per heavy atom. The van der Waals surface area contributed by atoms with Gasteiger partial charge in [-0.05, 0) is 30.3 Å². The molecule has 0 aliphatic carbocycles. The van der Waals surface area contributed by atoms with Crippen molar-refractivity contribution < 1.29 is 8.42 Å². The van der Waals surface area contributed by atoms with Crippen LogP contribution in [0.3, 0.4) is 0 Å². The number of halogens is 3. The molecule has 0 saturated carbocycles. The third kappa shape index (κ3) is 4.39. The number of primary sulfonamides is 1. The fourth-order valence-corrected chi connectivity index (χ4v) is 4.08. The van der Waals surface area contributed by atoms with Gasteiger partial charge in [0.2, 0.25) is 10.0 Å². The summed E-state index contributed by atoms with van der Waals surface area (Å²) < 4.78 is 25.0. The molecule has 0 aliphatic rings. The van der Waals surface area contributed by atoms with Gasteiger partial charge in [-0.15, -0.1) is 28.3 Å². The van der Waals surface area contributed by atoms with Gasteiger partial charge in [-0.3, -0.25) is 0 Å². The highest BCUT2D eigenvalue weighted by molar-refractivity contribution is 8.93. The Labute approximate surface area is 175 Å². The highest BCUT2D eigenvalue weighted by Gasteiger charge is 2.14. The van der Waals surface area contributed by atoms with E-state index in [9.17, 15) is 8.42 Å². The lowest BCUT2D eigenvalue weighted by molar-refractivity contribution is 0.598. The van der Waals surface area contributed by atoms with Gasteiger partial charge >= 0.3 is 0 Å². The maximum Gasteiger partial charge on any atom is 0.238 e. The number of hydrogen-bond donors (Lipinski definition) is 1. The van der Waals surface area contributed by atoms with Crippen molar-refractivity contribution in [2.45, 2.75) is 4.90 Å². The number of nitrogens with zero attached hydrogens (tertiary/aromatic N) is 2. The average molecular weight is 495 g/mol. The quantitative estimate of drug-likeness (QED) is 0.581. The van der Waals surface area contributed by atoms with Crippen LogP contribution in [0, 0.1) is 0 Å². The summed E-state index contributed by atoms with van der Waals surface area (Å²) in [6.45, 7) is 0. The maximum atomic E-state index is 11.6. The Bertz CT molecular complexity index is 1120. The van der Waals surface area contributed by atoms with Crippen LogP contribution in [0.2, 0.25) is 10.0 Å². The summed E-state index contributed by atoms with van der Waals surface area (Å²) in [6, 6.07) is 11.6. The topological polar surface area (TPSA) is 77.5 Å². The number of aromatic nitrogens is 1. The van der Waals surface area contributed by atoms with Gasteiger partial charge in [-0.25, -0.2) is 18.5 Å². The molecule has 1 aromatic heterocycles. The van der Waals surface area contributed by atoms with Crippen molar-refractivity contribution >= 4 is 67.2 Å². The molecule has 0 unspecified atom stereocenters. The first-order valence-corrected chi connectivity index (χ1v) is 10.2. The number of hydrogen-bond acceptors (Lipinski definition) is 4. The van der Waals surface area contributed by atoms with Crippen LogP contribution in [-0.4, -0.2) is 13.0 Å². The Morgan fingerprint density at radius 2 is 1.81 bits per heavy atom. The van der Waals surface area contributed by atoms with E-state index in [2.05, 4.69) is 4.99 Å². The Morgan fingerprint density at radius 3 is 2.46 bits per heavy atom. The first-order valence-electron chi connectivity index (χ1n) is 7.04. The molecule has 0 saturated heterocycles. The van der Waals surface area contributed by atoms with Crippen molar-refractivity contribution in [3.05, 3.63) is 62.7 Å². The van der Waals surface area contributed by atoms with Crippen LogP contribution in [0.1, 0.15) is 0 Å². The molecule has 0 atom stereocenters. The Hall–Kier alpha value is -1.16. The third-order valence-electron chi connectivity index (χ3n) is 3.54. The lowest BCUT2D eigenvalue weighted by atomic mass is 10.2. The zero-order chi connectivity index (χ0) is 18.2. The molecule has 0 radical (unpaired) electrons. The van der Waals surface area contributed by atoms with E-state index in [-0.39, 0.29) is 21.9 Å². The summed E-state index contributed by atoms with van der Waals surface area (Å²) in [5.41, 5.74) is 1.94. The molecular formula is C16H14BrCl2N3O2S2. The zero-order valence-electron chi connectivity index (χ0n) is 13.4. The van der Waals surface area contributed by atoms with Gasteiger partial charge in [0.15, 0.2) is 4.80 Å². The predicted molar refractivity (Wildman–Crippen MR) is 112 cm³/mol. The molecule has 1 heterocycles. The van der Waals surface area contributed by atoms with E-state index >= 15 is 0 Å². The molecule has 10 heteroatoms. The lowest BCUT2D eigenvalue weighted by Gasteiger charge is -2.07. The van der Waals surface area contributed by atoms with E-state index in [0.29, 0.717) is 26.1 Å². The average Bonchev–Trinajstić information content (AvgIpc) is 2.90. The standard InChI is InChI=1S/C16H13Cl2N3O2S2.BrH/c1-21-15(11-8-10(25(19,22)23)6-7-12(11)17)9-24-16(21)20-14-5-3-2-4-13(14)18;/h2-9H,1H3,(H2,19,22,23);1H. The summed E-state index contributed by atoms with van der Waals surface area (Å²) in [4.78, 5) is 5.25. The minimum atomic E-state index is -3.82. The van der Waals surface area contributed by atoms with E-state index in [1.807, 2.05) is 35.2 Å². The molecule has 0 bridgehead atoms. The van der Waals surface area contributed by atoms with Crippen LogP contribution < -0.4 is 9.94 Å². The van der Waals surface area contributed by atoms with Crippen LogP contribution in [0.5, 0.6) is 0 Å². The summed E-state index contributed by atoms with van der Waals surface area (Å²) >= 11 is 13.8. The number of thiazole rings is 1. The Balaban J connectivity index is 0.00000243.